The summed E-state index contributed by atoms with van der Waals surface area (Å²) in [7, 11) is 0. The topological polar surface area (TPSA) is 37.8 Å². The summed E-state index contributed by atoms with van der Waals surface area (Å²) in [5, 5.41) is 3.46. The monoisotopic (exact) mass is 285 g/mol. The number of nitrogens with zero attached hydrogens (tertiary/aromatic N) is 2. The lowest BCUT2D eigenvalue weighted by Gasteiger charge is -2.08. The molecule has 3 nitrogen and oxygen atoms in total. The number of fused-ring (bicyclic) bond motifs is 1. The third-order valence-electron chi connectivity index (χ3n) is 3.21. The minimum Gasteiger partial charge on any atom is -0.369 e. The highest BCUT2D eigenvalue weighted by molar-refractivity contribution is 5.89. The molecule has 0 aliphatic rings. The van der Waals surface area contributed by atoms with Crippen molar-refractivity contribution >= 4 is 16.7 Å². The normalized spacial score (nSPS) is 10.8. The number of rotatable bonds is 4. The Morgan fingerprint density at radius 1 is 1.00 bits per heavy atom. The molecule has 1 aromatic heterocycles. The average molecular weight is 285 g/mol. The van der Waals surface area contributed by atoms with Gasteiger partial charge in [0.1, 0.15) is 23.5 Å². The second-order valence-corrected chi connectivity index (χ2v) is 4.67. The second-order valence-electron chi connectivity index (χ2n) is 4.67. The van der Waals surface area contributed by atoms with Gasteiger partial charge in [0, 0.05) is 18.0 Å². The first kappa shape index (κ1) is 13.4. The molecule has 106 valence electrons. The molecule has 0 aliphatic carbocycles. The van der Waals surface area contributed by atoms with Crippen LogP contribution >= 0.6 is 0 Å². The maximum atomic E-state index is 13.7. The maximum Gasteiger partial charge on any atom is 0.152 e. The molecule has 0 bridgehead atoms. The van der Waals surface area contributed by atoms with Crippen molar-refractivity contribution in [2.24, 2.45) is 0 Å². The van der Waals surface area contributed by atoms with E-state index < -0.39 is 11.6 Å². The Kier molecular flexibility index (Phi) is 3.73. The first-order valence-electron chi connectivity index (χ1n) is 6.61. The fourth-order valence-electron chi connectivity index (χ4n) is 2.20. The zero-order chi connectivity index (χ0) is 14.7. The molecule has 0 atom stereocenters. The van der Waals surface area contributed by atoms with Crippen LogP contribution < -0.4 is 5.32 Å². The van der Waals surface area contributed by atoms with Gasteiger partial charge in [0.25, 0.3) is 0 Å². The first-order chi connectivity index (χ1) is 10.2. The molecule has 0 saturated carbocycles. The Morgan fingerprint density at radius 3 is 2.62 bits per heavy atom. The quantitative estimate of drug-likeness (QED) is 0.796. The SMILES string of the molecule is Fc1cc(F)c2ncnc(NCCc3ccccc3)c2c1. The van der Waals surface area contributed by atoms with Gasteiger partial charge in [-0.1, -0.05) is 30.3 Å². The van der Waals surface area contributed by atoms with Crippen molar-refractivity contribution in [2.75, 3.05) is 11.9 Å². The van der Waals surface area contributed by atoms with Crippen LogP contribution in [0.2, 0.25) is 0 Å². The Hall–Kier alpha value is -2.56. The van der Waals surface area contributed by atoms with E-state index in [0.29, 0.717) is 17.7 Å². The van der Waals surface area contributed by atoms with Crippen LogP contribution in [0.1, 0.15) is 5.56 Å². The number of nitrogens with one attached hydrogen (secondary N) is 1. The molecule has 0 spiro atoms. The molecule has 0 aliphatic heterocycles. The van der Waals surface area contributed by atoms with Crippen molar-refractivity contribution in [2.45, 2.75) is 6.42 Å². The van der Waals surface area contributed by atoms with Gasteiger partial charge in [-0.2, -0.15) is 0 Å². The summed E-state index contributed by atoms with van der Waals surface area (Å²) in [6.07, 6.45) is 2.07. The molecular weight excluding hydrogens is 272 g/mol. The third-order valence-corrected chi connectivity index (χ3v) is 3.21. The van der Waals surface area contributed by atoms with Gasteiger partial charge >= 0.3 is 0 Å². The number of benzene rings is 2. The van der Waals surface area contributed by atoms with E-state index in [2.05, 4.69) is 15.3 Å². The van der Waals surface area contributed by atoms with Gasteiger partial charge in [-0.15, -0.1) is 0 Å². The molecule has 0 fully saturated rings. The Balaban J connectivity index is 1.81. The molecule has 21 heavy (non-hydrogen) atoms. The van der Waals surface area contributed by atoms with E-state index in [1.165, 1.54) is 18.0 Å². The van der Waals surface area contributed by atoms with Gasteiger partial charge in [0.05, 0.1) is 0 Å². The molecule has 0 unspecified atom stereocenters. The van der Waals surface area contributed by atoms with Gasteiger partial charge < -0.3 is 5.32 Å². The molecular formula is C16H13F2N3. The summed E-state index contributed by atoms with van der Waals surface area (Å²) in [5.74, 6) is -0.881. The summed E-state index contributed by atoms with van der Waals surface area (Å²) in [4.78, 5) is 7.92. The van der Waals surface area contributed by atoms with Gasteiger partial charge in [0.2, 0.25) is 0 Å². The van der Waals surface area contributed by atoms with Crippen LogP contribution in [-0.2, 0) is 6.42 Å². The molecule has 2 aromatic carbocycles. The lowest BCUT2D eigenvalue weighted by atomic mass is 10.1. The minimum atomic E-state index is -0.682. The smallest absolute Gasteiger partial charge is 0.152 e. The maximum absolute atomic E-state index is 13.7. The zero-order valence-electron chi connectivity index (χ0n) is 11.2. The highest BCUT2D eigenvalue weighted by Gasteiger charge is 2.09. The van der Waals surface area contributed by atoms with E-state index in [1.54, 1.807) is 0 Å². The highest BCUT2D eigenvalue weighted by atomic mass is 19.1. The van der Waals surface area contributed by atoms with Crippen molar-refractivity contribution < 1.29 is 8.78 Å². The molecule has 3 rings (SSSR count). The molecule has 1 N–H and O–H groups in total. The second kappa shape index (κ2) is 5.83. The standard InChI is InChI=1S/C16H13F2N3/c17-12-8-13-15(14(18)9-12)20-10-21-16(13)19-7-6-11-4-2-1-3-5-11/h1-5,8-10H,6-7H2,(H,19,20,21). The average Bonchev–Trinajstić information content (AvgIpc) is 2.49. The fraction of sp³-hybridized carbons (Fsp3) is 0.125. The zero-order valence-corrected chi connectivity index (χ0v) is 11.2. The van der Waals surface area contributed by atoms with E-state index in [1.807, 2.05) is 30.3 Å². The van der Waals surface area contributed by atoms with Crippen LogP contribution in [0.15, 0.2) is 48.8 Å². The van der Waals surface area contributed by atoms with Gasteiger partial charge in [-0.3, -0.25) is 0 Å². The van der Waals surface area contributed by atoms with E-state index in [-0.39, 0.29) is 5.52 Å². The number of hydrogen-bond acceptors (Lipinski definition) is 3. The van der Waals surface area contributed by atoms with Crippen LogP contribution in [0.4, 0.5) is 14.6 Å². The predicted molar refractivity (Wildman–Crippen MR) is 78.1 cm³/mol. The lowest BCUT2D eigenvalue weighted by molar-refractivity contribution is 0.590. The van der Waals surface area contributed by atoms with Crippen LogP contribution in [-0.4, -0.2) is 16.5 Å². The lowest BCUT2D eigenvalue weighted by Crippen LogP contribution is -2.07. The molecule has 0 saturated heterocycles. The van der Waals surface area contributed by atoms with Gasteiger partial charge in [-0.25, -0.2) is 18.7 Å². The van der Waals surface area contributed by atoms with Gasteiger partial charge in [0.15, 0.2) is 5.82 Å². The van der Waals surface area contributed by atoms with Crippen molar-refractivity contribution in [3.05, 3.63) is 66.0 Å². The number of halogens is 2. The largest absolute Gasteiger partial charge is 0.369 e. The van der Waals surface area contributed by atoms with E-state index in [9.17, 15) is 8.78 Å². The first-order valence-corrected chi connectivity index (χ1v) is 6.61. The van der Waals surface area contributed by atoms with E-state index in [0.717, 1.165) is 12.5 Å². The Morgan fingerprint density at radius 2 is 1.81 bits per heavy atom. The van der Waals surface area contributed by atoms with Crippen LogP contribution in [0, 0.1) is 11.6 Å². The molecule has 1 heterocycles. The number of anilines is 1. The van der Waals surface area contributed by atoms with Crippen molar-refractivity contribution in [3.63, 3.8) is 0 Å². The third kappa shape index (κ3) is 2.97. The minimum absolute atomic E-state index is 0.119. The van der Waals surface area contributed by atoms with E-state index in [4.69, 9.17) is 0 Å². The molecule has 5 heteroatoms. The predicted octanol–water partition coefficient (Wildman–Crippen LogP) is 3.56. The fourth-order valence-corrected chi connectivity index (χ4v) is 2.20. The highest BCUT2D eigenvalue weighted by Crippen LogP contribution is 2.22. The van der Waals surface area contributed by atoms with E-state index >= 15 is 0 Å². The molecule has 0 radical (unpaired) electrons. The van der Waals surface area contributed by atoms with Crippen LogP contribution in [0.5, 0.6) is 0 Å². The van der Waals surface area contributed by atoms with Crippen molar-refractivity contribution in [1.82, 2.24) is 9.97 Å². The number of hydrogen-bond donors (Lipinski definition) is 1. The van der Waals surface area contributed by atoms with Crippen molar-refractivity contribution in [1.29, 1.82) is 0 Å². The van der Waals surface area contributed by atoms with Gasteiger partial charge in [-0.05, 0) is 18.1 Å². The van der Waals surface area contributed by atoms with Crippen LogP contribution in [0.3, 0.4) is 0 Å². The Labute approximate surface area is 120 Å². The summed E-state index contributed by atoms with van der Waals surface area (Å²) in [6.45, 7) is 0.619. The summed E-state index contributed by atoms with van der Waals surface area (Å²) in [6, 6.07) is 12.0. The summed E-state index contributed by atoms with van der Waals surface area (Å²) in [5.41, 5.74) is 1.30. The summed E-state index contributed by atoms with van der Waals surface area (Å²) < 4.78 is 27.0. The summed E-state index contributed by atoms with van der Waals surface area (Å²) >= 11 is 0. The number of aromatic nitrogens is 2. The molecule has 0 amide bonds. The van der Waals surface area contributed by atoms with Crippen molar-refractivity contribution in [3.8, 4) is 0 Å². The van der Waals surface area contributed by atoms with Crippen LogP contribution in [0.25, 0.3) is 10.9 Å². The Bertz CT molecular complexity index is 760. The molecule has 3 aromatic rings.